The van der Waals surface area contributed by atoms with Crippen LogP contribution in [-0.2, 0) is 15.3 Å². The molecule has 1 aromatic heterocycles. The van der Waals surface area contributed by atoms with Gasteiger partial charge in [0.25, 0.3) is 0 Å². The van der Waals surface area contributed by atoms with Crippen LogP contribution < -0.4 is 22.5 Å². The van der Waals surface area contributed by atoms with E-state index in [-0.39, 0.29) is 5.69 Å². The number of hydrazine groups is 2. The SMILES string of the molecule is CC(C)(C)C(OC(=O)NN)(OC(=O)NN)c1ccc2ccccc2n1. The number of fused-ring (bicyclic) bond motifs is 1. The Bertz CT molecular complexity index is 769. The average Bonchev–Trinajstić information content (AvgIpc) is 2.59. The van der Waals surface area contributed by atoms with Gasteiger partial charge in [-0.15, -0.1) is 0 Å². The van der Waals surface area contributed by atoms with Gasteiger partial charge in [0.05, 0.1) is 5.52 Å². The smallest absolute Gasteiger partial charge is 0.398 e. The topological polar surface area (TPSA) is 142 Å². The van der Waals surface area contributed by atoms with Gasteiger partial charge in [0.2, 0.25) is 0 Å². The van der Waals surface area contributed by atoms with E-state index in [4.69, 9.17) is 21.2 Å². The first-order valence-electron chi connectivity index (χ1n) is 7.49. The average molecular weight is 347 g/mol. The number of hydrogen-bond donors (Lipinski definition) is 4. The Morgan fingerprint density at radius 3 is 2.04 bits per heavy atom. The lowest BCUT2D eigenvalue weighted by molar-refractivity contribution is -0.236. The van der Waals surface area contributed by atoms with Gasteiger partial charge in [-0.05, 0) is 12.1 Å². The molecule has 0 aliphatic heterocycles. The Morgan fingerprint density at radius 2 is 1.52 bits per heavy atom. The predicted octanol–water partition coefficient (Wildman–Crippen LogP) is 1.63. The van der Waals surface area contributed by atoms with Gasteiger partial charge < -0.3 is 9.47 Å². The third kappa shape index (κ3) is 3.62. The number of rotatable bonds is 3. The van der Waals surface area contributed by atoms with Crippen molar-refractivity contribution in [2.24, 2.45) is 17.1 Å². The summed E-state index contributed by atoms with van der Waals surface area (Å²) in [6, 6.07) is 10.8. The maximum Gasteiger partial charge on any atom is 0.425 e. The Balaban J connectivity index is 2.68. The highest BCUT2D eigenvalue weighted by Crippen LogP contribution is 2.43. The van der Waals surface area contributed by atoms with Crippen LogP contribution in [0.1, 0.15) is 26.5 Å². The molecule has 25 heavy (non-hydrogen) atoms. The molecule has 0 bridgehead atoms. The van der Waals surface area contributed by atoms with Crippen molar-refractivity contribution in [1.82, 2.24) is 15.8 Å². The number of carbonyl (C=O) groups is 2. The van der Waals surface area contributed by atoms with Crippen LogP contribution in [0.4, 0.5) is 9.59 Å². The lowest BCUT2D eigenvalue weighted by atomic mass is 9.82. The van der Waals surface area contributed by atoms with Crippen LogP contribution in [-0.4, -0.2) is 17.2 Å². The van der Waals surface area contributed by atoms with Gasteiger partial charge >= 0.3 is 18.0 Å². The minimum atomic E-state index is -1.87. The van der Waals surface area contributed by atoms with Crippen molar-refractivity contribution in [3.63, 3.8) is 0 Å². The molecule has 0 fully saturated rings. The molecule has 9 heteroatoms. The molecular weight excluding hydrogens is 326 g/mol. The number of nitrogens with two attached hydrogens (primary N) is 2. The number of para-hydroxylation sites is 1. The highest BCUT2D eigenvalue weighted by molar-refractivity contribution is 5.78. The molecule has 9 nitrogen and oxygen atoms in total. The number of aromatic nitrogens is 1. The summed E-state index contributed by atoms with van der Waals surface area (Å²) in [6.45, 7) is 5.16. The molecule has 1 aromatic carbocycles. The fourth-order valence-corrected chi connectivity index (χ4v) is 2.39. The summed E-state index contributed by atoms with van der Waals surface area (Å²) in [4.78, 5) is 28.2. The maximum atomic E-state index is 11.9. The number of nitrogens with one attached hydrogen (secondary N) is 2. The molecule has 0 spiro atoms. The number of carbonyl (C=O) groups excluding carboxylic acids is 2. The van der Waals surface area contributed by atoms with Crippen molar-refractivity contribution < 1.29 is 19.1 Å². The molecule has 6 N–H and O–H groups in total. The van der Waals surface area contributed by atoms with E-state index in [1.807, 2.05) is 29.1 Å². The first-order chi connectivity index (χ1) is 11.7. The summed E-state index contributed by atoms with van der Waals surface area (Å²) in [6.07, 6.45) is -1.98. The molecule has 0 saturated carbocycles. The molecular formula is C16H21N5O4. The van der Waals surface area contributed by atoms with E-state index in [1.54, 1.807) is 39.0 Å². The van der Waals surface area contributed by atoms with Crippen LogP contribution in [0.25, 0.3) is 10.9 Å². The van der Waals surface area contributed by atoms with Crippen molar-refractivity contribution in [2.75, 3.05) is 0 Å². The second kappa shape index (κ2) is 6.91. The number of hydrogen-bond acceptors (Lipinski definition) is 7. The molecule has 0 radical (unpaired) electrons. The monoisotopic (exact) mass is 347 g/mol. The van der Waals surface area contributed by atoms with Crippen LogP contribution >= 0.6 is 0 Å². The van der Waals surface area contributed by atoms with Gasteiger partial charge in [-0.2, -0.15) is 0 Å². The highest BCUT2D eigenvalue weighted by Gasteiger charge is 2.53. The predicted molar refractivity (Wildman–Crippen MR) is 90.5 cm³/mol. The fourth-order valence-electron chi connectivity index (χ4n) is 2.39. The van der Waals surface area contributed by atoms with Gasteiger partial charge in [-0.1, -0.05) is 45.0 Å². The van der Waals surface area contributed by atoms with Crippen LogP contribution in [0.2, 0.25) is 0 Å². The molecule has 0 aliphatic rings. The Hall–Kier alpha value is -2.91. The number of pyridine rings is 1. The Kier molecular flexibility index (Phi) is 5.10. The van der Waals surface area contributed by atoms with Gasteiger partial charge in [0, 0.05) is 10.8 Å². The molecule has 134 valence electrons. The largest absolute Gasteiger partial charge is 0.425 e. The van der Waals surface area contributed by atoms with E-state index in [1.165, 1.54) is 0 Å². The van der Waals surface area contributed by atoms with Crippen LogP contribution in [0.15, 0.2) is 36.4 Å². The lowest BCUT2D eigenvalue weighted by Gasteiger charge is -2.41. The van der Waals surface area contributed by atoms with E-state index < -0.39 is 23.4 Å². The molecule has 0 saturated heterocycles. The zero-order valence-electron chi connectivity index (χ0n) is 14.2. The van der Waals surface area contributed by atoms with Crippen molar-refractivity contribution in [1.29, 1.82) is 0 Å². The van der Waals surface area contributed by atoms with E-state index in [9.17, 15) is 9.59 Å². The molecule has 0 unspecified atom stereocenters. The van der Waals surface area contributed by atoms with E-state index in [0.717, 1.165) is 5.39 Å². The second-order valence-electron chi connectivity index (χ2n) is 6.32. The lowest BCUT2D eigenvalue weighted by Crippen LogP contribution is -2.52. The quantitative estimate of drug-likeness (QED) is 0.286. The van der Waals surface area contributed by atoms with Crippen molar-refractivity contribution >= 4 is 23.1 Å². The van der Waals surface area contributed by atoms with Gasteiger partial charge in [-0.25, -0.2) is 26.3 Å². The third-order valence-electron chi connectivity index (χ3n) is 3.63. The maximum absolute atomic E-state index is 11.9. The summed E-state index contributed by atoms with van der Waals surface area (Å²) in [7, 11) is 0. The number of benzene rings is 1. The van der Waals surface area contributed by atoms with Crippen molar-refractivity contribution in [3.8, 4) is 0 Å². The van der Waals surface area contributed by atoms with E-state index >= 15 is 0 Å². The van der Waals surface area contributed by atoms with Crippen LogP contribution in [0.3, 0.4) is 0 Å². The summed E-state index contributed by atoms with van der Waals surface area (Å²) in [5.74, 6) is 8.39. The first-order valence-corrected chi connectivity index (χ1v) is 7.49. The minimum Gasteiger partial charge on any atom is -0.398 e. The summed E-state index contributed by atoms with van der Waals surface area (Å²) >= 11 is 0. The Morgan fingerprint density at radius 1 is 0.960 bits per heavy atom. The van der Waals surface area contributed by atoms with Crippen molar-refractivity contribution in [2.45, 2.75) is 26.6 Å². The minimum absolute atomic E-state index is 0.214. The summed E-state index contributed by atoms with van der Waals surface area (Å²) in [5, 5.41) is 0.876. The molecule has 2 amide bonds. The Labute approximate surface area is 144 Å². The summed E-state index contributed by atoms with van der Waals surface area (Å²) < 4.78 is 10.8. The number of nitrogens with zero attached hydrogens (tertiary/aromatic N) is 1. The standard InChI is InChI=1S/C16H21N5O4/c1-15(2,3)16(24-13(22)20-17,25-14(23)21-18)12-9-8-10-6-4-5-7-11(10)19-12/h4-9H,17-18H2,1-3H3,(H,20,22)(H,21,23). The molecule has 2 rings (SSSR count). The van der Waals surface area contributed by atoms with Gasteiger partial charge in [0.15, 0.2) is 0 Å². The molecule has 0 atom stereocenters. The summed E-state index contributed by atoms with van der Waals surface area (Å²) in [5.41, 5.74) is 3.67. The van der Waals surface area contributed by atoms with Crippen molar-refractivity contribution in [3.05, 3.63) is 42.1 Å². The number of amides is 2. The third-order valence-corrected chi connectivity index (χ3v) is 3.63. The van der Waals surface area contributed by atoms with Crippen LogP contribution in [0, 0.1) is 5.41 Å². The highest BCUT2D eigenvalue weighted by atomic mass is 16.7. The van der Waals surface area contributed by atoms with E-state index in [0.29, 0.717) is 5.52 Å². The van der Waals surface area contributed by atoms with Gasteiger partial charge in [0.1, 0.15) is 5.69 Å². The second-order valence-corrected chi connectivity index (χ2v) is 6.32. The van der Waals surface area contributed by atoms with E-state index in [2.05, 4.69) is 4.98 Å². The van der Waals surface area contributed by atoms with Crippen LogP contribution in [0.5, 0.6) is 0 Å². The zero-order chi connectivity index (χ0) is 18.7. The van der Waals surface area contributed by atoms with Gasteiger partial charge in [-0.3, -0.25) is 10.9 Å². The first kappa shape index (κ1) is 18.4. The number of ether oxygens (including phenoxy) is 2. The molecule has 0 aliphatic carbocycles. The zero-order valence-corrected chi connectivity index (χ0v) is 14.2. The fraction of sp³-hybridized carbons (Fsp3) is 0.312. The normalized spacial score (nSPS) is 11.7. The molecule has 2 aromatic rings. The molecule has 1 heterocycles.